The summed E-state index contributed by atoms with van der Waals surface area (Å²) in [5.41, 5.74) is 0. The molecular formula is C22H27N9O. The molecule has 0 aromatic carbocycles. The Morgan fingerprint density at radius 2 is 1.66 bits per heavy atom. The van der Waals surface area contributed by atoms with Gasteiger partial charge in [-0.3, -0.25) is 4.79 Å². The van der Waals surface area contributed by atoms with Gasteiger partial charge < -0.3 is 15.1 Å². The minimum Gasteiger partial charge on any atom is -0.356 e. The van der Waals surface area contributed by atoms with Crippen molar-refractivity contribution in [3.05, 3.63) is 43.0 Å². The Labute approximate surface area is 186 Å². The van der Waals surface area contributed by atoms with Crippen molar-refractivity contribution >= 4 is 23.4 Å². The summed E-state index contributed by atoms with van der Waals surface area (Å²) in [4.78, 5) is 25.9. The van der Waals surface area contributed by atoms with Gasteiger partial charge in [-0.15, -0.1) is 10.2 Å². The van der Waals surface area contributed by atoms with E-state index in [2.05, 4.69) is 40.4 Å². The number of piperidine rings is 2. The highest BCUT2D eigenvalue weighted by atomic mass is 16.2. The summed E-state index contributed by atoms with van der Waals surface area (Å²) in [5.74, 6) is 2.95. The van der Waals surface area contributed by atoms with E-state index in [1.165, 1.54) is 25.6 Å². The van der Waals surface area contributed by atoms with Gasteiger partial charge in [0.25, 0.3) is 0 Å². The van der Waals surface area contributed by atoms with Crippen molar-refractivity contribution in [2.45, 2.75) is 32.1 Å². The van der Waals surface area contributed by atoms with Crippen LogP contribution in [0.5, 0.6) is 0 Å². The molecule has 2 fully saturated rings. The molecule has 10 heteroatoms. The Balaban J connectivity index is 1.15. The minimum atomic E-state index is -0.0454. The second-order valence-corrected chi connectivity index (χ2v) is 8.26. The molecule has 0 unspecified atom stereocenters. The van der Waals surface area contributed by atoms with Crippen molar-refractivity contribution in [1.82, 2.24) is 29.9 Å². The van der Waals surface area contributed by atoms with Gasteiger partial charge in [-0.05, 0) is 50.3 Å². The number of hydrogen-bond acceptors (Lipinski definition) is 8. The zero-order chi connectivity index (χ0) is 21.8. The lowest BCUT2D eigenvalue weighted by atomic mass is 9.96. The molecule has 3 aromatic rings. The first-order valence-electron chi connectivity index (χ1n) is 11.2. The van der Waals surface area contributed by atoms with Crippen LogP contribution in [0.3, 0.4) is 0 Å². The second-order valence-electron chi connectivity index (χ2n) is 8.26. The van der Waals surface area contributed by atoms with Crippen LogP contribution < -0.4 is 15.1 Å². The molecule has 0 radical (unpaired) electrons. The first-order chi connectivity index (χ1) is 15.8. The summed E-state index contributed by atoms with van der Waals surface area (Å²) in [6, 6.07) is 7.59. The predicted octanol–water partition coefficient (Wildman–Crippen LogP) is 2.30. The summed E-state index contributed by atoms with van der Waals surface area (Å²) in [7, 11) is 0. The Morgan fingerprint density at radius 3 is 2.38 bits per heavy atom. The maximum atomic E-state index is 12.8. The Hall–Kier alpha value is -3.56. The molecule has 0 aliphatic carbocycles. The van der Waals surface area contributed by atoms with Crippen molar-refractivity contribution in [2.75, 3.05) is 41.3 Å². The molecule has 3 aromatic heterocycles. The van der Waals surface area contributed by atoms with Crippen LogP contribution in [0.15, 0.2) is 43.0 Å². The van der Waals surface area contributed by atoms with Crippen molar-refractivity contribution in [1.29, 1.82) is 0 Å². The summed E-state index contributed by atoms with van der Waals surface area (Å²) >= 11 is 0. The molecule has 5 rings (SSSR count). The number of aromatic nitrogens is 6. The molecule has 166 valence electrons. The summed E-state index contributed by atoms with van der Waals surface area (Å²) in [5, 5.41) is 15.8. The van der Waals surface area contributed by atoms with E-state index >= 15 is 0 Å². The standard InChI is InChI=1S/C22H27N9O/c32-22(26-18-15-21(24-16-23-18)29-10-2-1-3-11-29)17-7-13-30(14-8-17)19-5-6-20(28-27-19)31-12-4-9-25-31/h4-6,9,12,15-17H,1-3,7-8,10-11,13-14H2,(H,23,24,26,32). The van der Waals surface area contributed by atoms with Crippen LogP contribution >= 0.6 is 0 Å². The van der Waals surface area contributed by atoms with Crippen LogP contribution in [-0.2, 0) is 4.79 Å². The van der Waals surface area contributed by atoms with Crippen molar-refractivity contribution < 1.29 is 4.79 Å². The van der Waals surface area contributed by atoms with E-state index in [4.69, 9.17) is 0 Å². The van der Waals surface area contributed by atoms with Crippen LogP contribution in [-0.4, -0.2) is 62.0 Å². The molecule has 32 heavy (non-hydrogen) atoms. The normalized spacial score (nSPS) is 17.4. The van der Waals surface area contributed by atoms with Gasteiger partial charge in [-0.1, -0.05) is 0 Å². The highest BCUT2D eigenvalue weighted by molar-refractivity contribution is 5.92. The molecule has 5 heterocycles. The average Bonchev–Trinajstić information content (AvgIpc) is 3.40. The molecule has 10 nitrogen and oxygen atoms in total. The maximum Gasteiger partial charge on any atom is 0.228 e. The number of anilines is 3. The molecular weight excluding hydrogens is 406 g/mol. The minimum absolute atomic E-state index is 0.0214. The third-order valence-corrected chi connectivity index (χ3v) is 6.15. The quantitative estimate of drug-likeness (QED) is 0.654. The van der Waals surface area contributed by atoms with E-state index in [1.54, 1.807) is 10.9 Å². The fraction of sp³-hybridized carbons (Fsp3) is 0.455. The number of carbonyl (C=O) groups is 1. The van der Waals surface area contributed by atoms with E-state index in [0.717, 1.165) is 50.7 Å². The van der Waals surface area contributed by atoms with Gasteiger partial charge in [-0.25, -0.2) is 14.6 Å². The topological polar surface area (TPSA) is 105 Å². The third-order valence-electron chi connectivity index (χ3n) is 6.15. The number of carbonyl (C=O) groups excluding carboxylic acids is 1. The van der Waals surface area contributed by atoms with E-state index in [1.807, 2.05) is 30.5 Å². The monoisotopic (exact) mass is 433 g/mol. The van der Waals surface area contributed by atoms with Gasteiger partial charge in [0, 0.05) is 50.6 Å². The van der Waals surface area contributed by atoms with Crippen LogP contribution in [0, 0.1) is 5.92 Å². The molecule has 0 spiro atoms. The second kappa shape index (κ2) is 9.29. The zero-order valence-corrected chi connectivity index (χ0v) is 18.0. The summed E-state index contributed by atoms with van der Waals surface area (Å²) in [6.45, 7) is 3.54. The van der Waals surface area contributed by atoms with Crippen LogP contribution in [0.2, 0.25) is 0 Å². The fourth-order valence-electron chi connectivity index (χ4n) is 4.32. The van der Waals surface area contributed by atoms with Gasteiger partial charge in [0.1, 0.15) is 18.0 Å². The lowest BCUT2D eigenvalue weighted by Gasteiger charge is -2.31. The van der Waals surface area contributed by atoms with Crippen LogP contribution in [0.25, 0.3) is 5.82 Å². The number of amides is 1. The molecule has 1 amide bonds. The lowest BCUT2D eigenvalue weighted by Crippen LogP contribution is -2.38. The first kappa shape index (κ1) is 20.3. The molecule has 0 atom stereocenters. The molecule has 1 N–H and O–H groups in total. The van der Waals surface area contributed by atoms with E-state index < -0.39 is 0 Å². The van der Waals surface area contributed by atoms with Crippen molar-refractivity contribution in [3.8, 4) is 5.82 Å². The van der Waals surface area contributed by atoms with Gasteiger partial charge in [0.05, 0.1) is 0 Å². The number of nitrogens with one attached hydrogen (secondary N) is 1. The zero-order valence-electron chi connectivity index (χ0n) is 18.0. The number of nitrogens with zero attached hydrogens (tertiary/aromatic N) is 8. The highest BCUT2D eigenvalue weighted by Gasteiger charge is 2.26. The number of rotatable bonds is 5. The summed E-state index contributed by atoms with van der Waals surface area (Å²) in [6.07, 6.45) is 10.2. The van der Waals surface area contributed by atoms with Crippen molar-refractivity contribution in [3.63, 3.8) is 0 Å². The van der Waals surface area contributed by atoms with E-state index in [0.29, 0.717) is 11.6 Å². The third kappa shape index (κ3) is 4.53. The first-order valence-corrected chi connectivity index (χ1v) is 11.2. The Bertz CT molecular complexity index is 1020. The van der Waals surface area contributed by atoms with Crippen LogP contribution in [0.4, 0.5) is 17.5 Å². The molecule has 0 saturated carbocycles. The van der Waals surface area contributed by atoms with Gasteiger partial charge in [-0.2, -0.15) is 5.10 Å². The molecule has 2 saturated heterocycles. The van der Waals surface area contributed by atoms with E-state index in [9.17, 15) is 4.79 Å². The maximum absolute atomic E-state index is 12.8. The van der Waals surface area contributed by atoms with Gasteiger partial charge >= 0.3 is 0 Å². The summed E-state index contributed by atoms with van der Waals surface area (Å²) < 4.78 is 1.68. The fourth-order valence-corrected chi connectivity index (χ4v) is 4.32. The Morgan fingerprint density at radius 1 is 0.906 bits per heavy atom. The smallest absolute Gasteiger partial charge is 0.228 e. The van der Waals surface area contributed by atoms with Crippen molar-refractivity contribution in [2.24, 2.45) is 5.92 Å². The average molecular weight is 434 g/mol. The SMILES string of the molecule is O=C(Nc1cc(N2CCCCC2)ncn1)C1CCN(c2ccc(-n3cccn3)nn2)CC1. The molecule has 2 aliphatic rings. The number of hydrogen-bond donors (Lipinski definition) is 1. The van der Waals surface area contributed by atoms with E-state index in [-0.39, 0.29) is 11.8 Å². The molecule has 0 bridgehead atoms. The van der Waals surface area contributed by atoms with Crippen LogP contribution in [0.1, 0.15) is 32.1 Å². The van der Waals surface area contributed by atoms with Gasteiger partial charge in [0.15, 0.2) is 11.6 Å². The molecule has 2 aliphatic heterocycles. The Kier molecular flexibility index (Phi) is 5.91. The van der Waals surface area contributed by atoms with Gasteiger partial charge in [0.2, 0.25) is 5.91 Å². The highest BCUT2D eigenvalue weighted by Crippen LogP contribution is 2.24. The lowest BCUT2D eigenvalue weighted by molar-refractivity contribution is -0.120. The largest absolute Gasteiger partial charge is 0.356 e. The predicted molar refractivity (Wildman–Crippen MR) is 121 cm³/mol.